The minimum Gasteiger partial charge on any atom is -0.481 e. The average molecular weight is 370 g/mol. The summed E-state index contributed by atoms with van der Waals surface area (Å²) in [6, 6.07) is 12.9. The number of hydrogen-bond acceptors (Lipinski definition) is 5. The maximum atomic E-state index is 12.1. The van der Waals surface area contributed by atoms with Crippen molar-refractivity contribution in [2.45, 2.75) is 39.4 Å². The molecule has 0 saturated heterocycles. The van der Waals surface area contributed by atoms with E-state index < -0.39 is 23.5 Å². The maximum absolute atomic E-state index is 12.1. The molecule has 0 bridgehead atoms. The van der Waals surface area contributed by atoms with Gasteiger partial charge >= 0.3 is 17.9 Å². The molecule has 0 aliphatic heterocycles. The van der Waals surface area contributed by atoms with E-state index >= 15 is 0 Å². The average Bonchev–Trinajstić information content (AvgIpc) is 2.58. The van der Waals surface area contributed by atoms with Gasteiger partial charge in [-0.3, -0.25) is 4.79 Å². The molecule has 0 aromatic heterocycles. The van der Waals surface area contributed by atoms with Gasteiger partial charge in [-0.1, -0.05) is 24.3 Å². The number of aliphatic carboxylic acids is 1. The molecular weight excluding hydrogens is 348 g/mol. The predicted molar refractivity (Wildman–Crippen MR) is 98.5 cm³/mol. The standard InChI is InChI=1S/C21H22O6/c1-21(2,3)27-20(25)16-9-7-14(8-10-16)13-26-19(24)17-6-4-5-15(11-17)12-18(22)23/h4-11H,12-13H2,1-3H3,(H,22,23). The summed E-state index contributed by atoms with van der Waals surface area (Å²) in [6.45, 7) is 5.43. The Hall–Kier alpha value is -3.15. The van der Waals surface area contributed by atoms with Gasteiger partial charge < -0.3 is 14.6 Å². The first kappa shape index (κ1) is 20.2. The summed E-state index contributed by atoms with van der Waals surface area (Å²) in [5.41, 5.74) is 1.39. The van der Waals surface area contributed by atoms with Gasteiger partial charge in [-0.05, 0) is 56.2 Å². The summed E-state index contributed by atoms with van der Waals surface area (Å²) in [5, 5.41) is 8.82. The van der Waals surface area contributed by atoms with E-state index in [4.69, 9.17) is 14.6 Å². The van der Waals surface area contributed by atoms with Gasteiger partial charge in [0.2, 0.25) is 0 Å². The zero-order chi connectivity index (χ0) is 20.0. The smallest absolute Gasteiger partial charge is 0.338 e. The number of hydrogen-bond donors (Lipinski definition) is 1. The van der Waals surface area contributed by atoms with Crippen LogP contribution in [0.25, 0.3) is 0 Å². The van der Waals surface area contributed by atoms with E-state index in [0.717, 1.165) is 5.56 Å². The number of esters is 2. The van der Waals surface area contributed by atoms with Crippen LogP contribution in [0.15, 0.2) is 48.5 Å². The zero-order valence-corrected chi connectivity index (χ0v) is 15.5. The number of benzene rings is 2. The molecule has 142 valence electrons. The van der Waals surface area contributed by atoms with E-state index in [0.29, 0.717) is 16.7 Å². The fraction of sp³-hybridized carbons (Fsp3) is 0.286. The van der Waals surface area contributed by atoms with Crippen LogP contribution in [-0.2, 0) is 27.3 Å². The third-order valence-corrected chi connectivity index (χ3v) is 3.48. The summed E-state index contributed by atoms with van der Waals surface area (Å²) in [7, 11) is 0. The first-order valence-electron chi connectivity index (χ1n) is 8.44. The molecule has 0 atom stereocenters. The molecule has 2 rings (SSSR count). The van der Waals surface area contributed by atoms with E-state index in [1.807, 2.05) is 0 Å². The lowest BCUT2D eigenvalue weighted by Crippen LogP contribution is -2.23. The van der Waals surface area contributed by atoms with Gasteiger partial charge in [0.05, 0.1) is 17.5 Å². The van der Waals surface area contributed by atoms with Crippen LogP contribution in [0.3, 0.4) is 0 Å². The summed E-state index contributed by atoms with van der Waals surface area (Å²) >= 11 is 0. The summed E-state index contributed by atoms with van der Waals surface area (Å²) in [4.78, 5) is 34.9. The maximum Gasteiger partial charge on any atom is 0.338 e. The second-order valence-electron chi connectivity index (χ2n) is 7.05. The van der Waals surface area contributed by atoms with Crippen molar-refractivity contribution >= 4 is 17.9 Å². The van der Waals surface area contributed by atoms with Crippen molar-refractivity contribution in [3.63, 3.8) is 0 Å². The van der Waals surface area contributed by atoms with E-state index in [1.54, 1.807) is 63.2 Å². The topological polar surface area (TPSA) is 89.9 Å². The summed E-state index contributed by atoms with van der Waals surface area (Å²) in [6.07, 6.45) is -0.159. The summed E-state index contributed by atoms with van der Waals surface area (Å²) in [5.74, 6) is -1.93. The first-order chi connectivity index (χ1) is 12.6. The van der Waals surface area contributed by atoms with Crippen molar-refractivity contribution in [1.82, 2.24) is 0 Å². The third kappa shape index (κ3) is 6.58. The van der Waals surface area contributed by atoms with E-state index in [9.17, 15) is 14.4 Å². The minimum atomic E-state index is -0.967. The van der Waals surface area contributed by atoms with Gasteiger partial charge in [0.15, 0.2) is 0 Å². The highest BCUT2D eigenvalue weighted by Crippen LogP contribution is 2.14. The predicted octanol–water partition coefficient (Wildman–Crippen LogP) is 3.63. The molecule has 2 aromatic rings. The lowest BCUT2D eigenvalue weighted by molar-refractivity contribution is -0.136. The summed E-state index contributed by atoms with van der Waals surface area (Å²) < 4.78 is 10.5. The fourth-order valence-corrected chi connectivity index (χ4v) is 2.29. The van der Waals surface area contributed by atoms with Crippen molar-refractivity contribution in [3.8, 4) is 0 Å². The van der Waals surface area contributed by atoms with Gasteiger partial charge in [0, 0.05) is 0 Å². The van der Waals surface area contributed by atoms with Crippen LogP contribution in [0.1, 0.15) is 52.6 Å². The molecule has 0 aliphatic carbocycles. The van der Waals surface area contributed by atoms with Crippen LogP contribution < -0.4 is 0 Å². The van der Waals surface area contributed by atoms with Crippen molar-refractivity contribution in [2.24, 2.45) is 0 Å². The highest BCUT2D eigenvalue weighted by atomic mass is 16.6. The van der Waals surface area contributed by atoms with E-state index in [1.165, 1.54) is 6.07 Å². The Balaban J connectivity index is 1.95. The number of ether oxygens (including phenoxy) is 2. The monoisotopic (exact) mass is 370 g/mol. The van der Waals surface area contributed by atoms with Gasteiger partial charge in [0.25, 0.3) is 0 Å². The first-order valence-corrected chi connectivity index (χ1v) is 8.44. The molecule has 0 fully saturated rings. The van der Waals surface area contributed by atoms with Crippen molar-refractivity contribution in [1.29, 1.82) is 0 Å². The molecule has 6 nitrogen and oxygen atoms in total. The molecular formula is C21H22O6. The number of carbonyl (C=O) groups excluding carboxylic acids is 2. The third-order valence-electron chi connectivity index (χ3n) is 3.48. The molecule has 0 unspecified atom stereocenters. The normalized spacial score (nSPS) is 10.9. The van der Waals surface area contributed by atoms with Gasteiger partial charge in [-0.25, -0.2) is 9.59 Å². The SMILES string of the molecule is CC(C)(C)OC(=O)c1ccc(COC(=O)c2cccc(CC(=O)O)c2)cc1. The lowest BCUT2D eigenvalue weighted by atomic mass is 10.1. The lowest BCUT2D eigenvalue weighted by Gasteiger charge is -2.19. The van der Waals surface area contributed by atoms with E-state index in [-0.39, 0.29) is 13.0 Å². The molecule has 0 aliphatic rings. The molecule has 0 radical (unpaired) electrons. The van der Waals surface area contributed by atoms with Gasteiger partial charge in [-0.15, -0.1) is 0 Å². The Kier molecular flexibility index (Phi) is 6.34. The van der Waals surface area contributed by atoms with Gasteiger partial charge in [0.1, 0.15) is 12.2 Å². The molecule has 2 aromatic carbocycles. The molecule has 0 saturated carbocycles. The van der Waals surface area contributed by atoms with Crippen LogP contribution in [0.2, 0.25) is 0 Å². The second kappa shape index (κ2) is 8.49. The van der Waals surface area contributed by atoms with Crippen LogP contribution >= 0.6 is 0 Å². The van der Waals surface area contributed by atoms with Crippen LogP contribution in [0.4, 0.5) is 0 Å². The molecule has 0 amide bonds. The highest BCUT2D eigenvalue weighted by molar-refractivity contribution is 5.90. The molecule has 0 spiro atoms. The Bertz CT molecular complexity index is 830. The van der Waals surface area contributed by atoms with Crippen molar-refractivity contribution in [3.05, 3.63) is 70.8 Å². The molecule has 6 heteroatoms. The fourth-order valence-electron chi connectivity index (χ4n) is 2.29. The Morgan fingerprint density at radius 3 is 2.15 bits per heavy atom. The van der Waals surface area contributed by atoms with E-state index in [2.05, 4.69) is 0 Å². The highest BCUT2D eigenvalue weighted by Gasteiger charge is 2.17. The Morgan fingerprint density at radius 2 is 1.56 bits per heavy atom. The molecule has 0 heterocycles. The number of rotatable bonds is 6. The second-order valence-corrected chi connectivity index (χ2v) is 7.05. The largest absolute Gasteiger partial charge is 0.481 e. The Labute approximate surface area is 157 Å². The van der Waals surface area contributed by atoms with Gasteiger partial charge in [-0.2, -0.15) is 0 Å². The van der Waals surface area contributed by atoms with Crippen LogP contribution in [0.5, 0.6) is 0 Å². The number of carbonyl (C=O) groups is 3. The minimum absolute atomic E-state index is 0.0383. The Morgan fingerprint density at radius 1 is 0.889 bits per heavy atom. The zero-order valence-electron chi connectivity index (χ0n) is 15.5. The van der Waals surface area contributed by atoms with Crippen molar-refractivity contribution in [2.75, 3.05) is 0 Å². The number of carboxylic acids is 1. The number of carboxylic acid groups (broad SMARTS) is 1. The molecule has 27 heavy (non-hydrogen) atoms. The molecule has 1 N–H and O–H groups in total. The van der Waals surface area contributed by atoms with Crippen LogP contribution in [-0.4, -0.2) is 28.6 Å². The van der Waals surface area contributed by atoms with Crippen molar-refractivity contribution < 1.29 is 29.0 Å². The van der Waals surface area contributed by atoms with Crippen LogP contribution in [0, 0.1) is 0 Å². The quantitative estimate of drug-likeness (QED) is 0.781.